The number of likely N-dealkylation sites (tertiary alicyclic amines) is 1. The van der Waals surface area contributed by atoms with E-state index in [9.17, 15) is 18.4 Å². The average Bonchev–Trinajstić information content (AvgIpc) is 2.41. The van der Waals surface area contributed by atoms with E-state index in [0.717, 1.165) is 25.0 Å². The standard InChI is InChI=1S/C14H16F2N2O2/c15-11-5-4-9(7-12(11)16)14(20)18-6-2-1-3-10(18)8-13(17)19/h4-5,7,10H,1-3,6,8H2,(H2,17,19)/t10-/m1/s1. The fraction of sp³-hybridized carbons (Fsp3) is 0.429. The minimum atomic E-state index is -1.06. The summed E-state index contributed by atoms with van der Waals surface area (Å²) in [4.78, 5) is 24.9. The Labute approximate surface area is 115 Å². The lowest BCUT2D eigenvalue weighted by Gasteiger charge is -2.35. The molecule has 0 aromatic heterocycles. The van der Waals surface area contributed by atoms with Crippen LogP contribution in [0.25, 0.3) is 0 Å². The van der Waals surface area contributed by atoms with E-state index < -0.39 is 23.4 Å². The molecular formula is C14H16F2N2O2. The van der Waals surface area contributed by atoms with Crippen LogP contribution in [0.3, 0.4) is 0 Å². The summed E-state index contributed by atoms with van der Waals surface area (Å²) in [6.45, 7) is 0.496. The number of primary amides is 1. The first-order valence-electron chi connectivity index (χ1n) is 6.53. The van der Waals surface area contributed by atoms with E-state index >= 15 is 0 Å². The molecule has 1 aromatic carbocycles. The average molecular weight is 282 g/mol. The minimum absolute atomic E-state index is 0.0836. The number of piperidine rings is 1. The van der Waals surface area contributed by atoms with Gasteiger partial charge >= 0.3 is 0 Å². The number of amides is 2. The van der Waals surface area contributed by atoms with Gasteiger partial charge in [0.15, 0.2) is 11.6 Å². The third-order valence-corrected chi connectivity index (χ3v) is 3.49. The summed E-state index contributed by atoms with van der Waals surface area (Å²) < 4.78 is 26.1. The lowest BCUT2D eigenvalue weighted by atomic mass is 9.98. The molecule has 0 bridgehead atoms. The zero-order chi connectivity index (χ0) is 14.7. The Hall–Kier alpha value is -1.98. The normalized spacial score (nSPS) is 18.9. The molecule has 1 aliphatic rings. The van der Waals surface area contributed by atoms with Crippen LogP contribution in [-0.4, -0.2) is 29.3 Å². The summed E-state index contributed by atoms with van der Waals surface area (Å²) >= 11 is 0. The first-order valence-corrected chi connectivity index (χ1v) is 6.53. The monoisotopic (exact) mass is 282 g/mol. The smallest absolute Gasteiger partial charge is 0.254 e. The number of rotatable bonds is 3. The van der Waals surface area contributed by atoms with E-state index in [2.05, 4.69) is 0 Å². The molecule has 0 unspecified atom stereocenters. The van der Waals surface area contributed by atoms with Gasteiger partial charge in [-0.15, -0.1) is 0 Å². The van der Waals surface area contributed by atoms with Crippen LogP contribution < -0.4 is 5.73 Å². The van der Waals surface area contributed by atoms with E-state index in [4.69, 9.17) is 5.73 Å². The molecule has 0 saturated carbocycles. The summed E-state index contributed by atoms with van der Waals surface area (Å²) in [5.41, 5.74) is 5.27. The van der Waals surface area contributed by atoms with Crippen LogP contribution in [0.1, 0.15) is 36.0 Å². The maximum atomic E-state index is 13.2. The molecule has 108 valence electrons. The van der Waals surface area contributed by atoms with Gasteiger partial charge in [0.05, 0.1) is 0 Å². The molecule has 1 heterocycles. The third-order valence-electron chi connectivity index (χ3n) is 3.49. The number of halogens is 2. The summed E-state index contributed by atoms with van der Waals surface area (Å²) in [5.74, 6) is -2.91. The van der Waals surface area contributed by atoms with E-state index in [0.29, 0.717) is 13.0 Å². The zero-order valence-electron chi connectivity index (χ0n) is 10.9. The molecule has 6 heteroatoms. The number of benzene rings is 1. The number of carbonyl (C=O) groups is 2. The van der Waals surface area contributed by atoms with Crippen LogP contribution >= 0.6 is 0 Å². The number of hydrogen-bond donors (Lipinski definition) is 1. The summed E-state index contributed by atoms with van der Waals surface area (Å²) in [6.07, 6.45) is 2.53. The zero-order valence-corrected chi connectivity index (χ0v) is 10.9. The Morgan fingerprint density at radius 1 is 1.25 bits per heavy atom. The Morgan fingerprint density at radius 3 is 2.65 bits per heavy atom. The molecule has 2 rings (SSSR count). The maximum absolute atomic E-state index is 13.2. The van der Waals surface area contributed by atoms with Crippen molar-refractivity contribution >= 4 is 11.8 Å². The van der Waals surface area contributed by atoms with E-state index in [1.54, 1.807) is 0 Å². The molecule has 1 aromatic rings. The van der Waals surface area contributed by atoms with Crippen molar-refractivity contribution in [1.82, 2.24) is 4.90 Å². The highest BCUT2D eigenvalue weighted by Crippen LogP contribution is 2.22. The highest BCUT2D eigenvalue weighted by atomic mass is 19.2. The van der Waals surface area contributed by atoms with Gasteiger partial charge in [-0.25, -0.2) is 8.78 Å². The van der Waals surface area contributed by atoms with Crippen molar-refractivity contribution in [1.29, 1.82) is 0 Å². The Bertz CT molecular complexity index is 534. The SMILES string of the molecule is NC(=O)C[C@H]1CCCCN1C(=O)c1ccc(F)c(F)c1. The summed E-state index contributed by atoms with van der Waals surface area (Å²) in [7, 11) is 0. The first-order chi connectivity index (χ1) is 9.49. The van der Waals surface area contributed by atoms with Gasteiger partial charge in [0.1, 0.15) is 0 Å². The first kappa shape index (κ1) is 14.4. The van der Waals surface area contributed by atoms with Gasteiger partial charge in [-0.05, 0) is 37.5 Å². The Kier molecular flexibility index (Phi) is 4.32. The van der Waals surface area contributed by atoms with Crippen LogP contribution in [0.5, 0.6) is 0 Å². The van der Waals surface area contributed by atoms with Crippen LogP contribution in [0, 0.1) is 11.6 Å². The maximum Gasteiger partial charge on any atom is 0.254 e. The Balaban J connectivity index is 2.20. The lowest BCUT2D eigenvalue weighted by molar-refractivity contribution is -0.119. The highest BCUT2D eigenvalue weighted by molar-refractivity contribution is 5.94. The number of hydrogen-bond acceptors (Lipinski definition) is 2. The van der Waals surface area contributed by atoms with E-state index in [1.165, 1.54) is 11.0 Å². The van der Waals surface area contributed by atoms with Crippen molar-refractivity contribution in [3.63, 3.8) is 0 Å². The van der Waals surface area contributed by atoms with Gasteiger partial charge in [-0.2, -0.15) is 0 Å². The number of nitrogens with two attached hydrogens (primary N) is 1. The van der Waals surface area contributed by atoms with Crippen molar-refractivity contribution in [2.24, 2.45) is 5.73 Å². The third kappa shape index (κ3) is 3.12. The van der Waals surface area contributed by atoms with Gasteiger partial charge in [0.2, 0.25) is 5.91 Å². The molecule has 1 saturated heterocycles. The van der Waals surface area contributed by atoms with Gasteiger partial charge in [0.25, 0.3) is 5.91 Å². The second kappa shape index (κ2) is 5.98. The Morgan fingerprint density at radius 2 is 2.00 bits per heavy atom. The van der Waals surface area contributed by atoms with Gasteiger partial charge in [-0.1, -0.05) is 0 Å². The number of nitrogens with zero attached hydrogens (tertiary/aromatic N) is 1. The molecule has 2 amide bonds. The van der Waals surface area contributed by atoms with Gasteiger partial charge in [-0.3, -0.25) is 9.59 Å². The van der Waals surface area contributed by atoms with Crippen LogP contribution in [-0.2, 0) is 4.79 Å². The van der Waals surface area contributed by atoms with Crippen LogP contribution in [0.15, 0.2) is 18.2 Å². The molecule has 2 N–H and O–H groups in total. The van der Waals surface area contributed by atoms with Crippen molar-refractivity contribution in [3.05, 3.63) is 35.4 Å². The topological polar surface area (TPSA) is 63.4 Å². The van der Waals surface area contributed by atoms with Crippen molar-refractivity contribution in [2.75, 3.05) is 6.54 Å². The second-order valence-electron chi connectivity index (χ2n) is 4.95. The van der Waals surface area contributed by atoms with Crippen molar-refractivity contribution in [2.45, 2.75) is 31.7 Å². The molecule has 0 aliphatic carbocycles. The fourth-order valence-electron chi connectivity index (χ4n) is 2.51. The van der Waals surface area contributed by atoms with E-state index in [1.807, 2.05) is 0 Å². The summed E-state index contributed by atoms with van der Waals surface area (Å²) in [5, 5.41) is 0. The minimum Gasteiger partial charge on any atom is -0.370 e. The molecule has 0 radical (unpaired) electrons. The quantitative estimate of drug-likeness (QED) is 0.919. The predicted octanol–water partition coefficient (Wildman–Crippen LogP) is 1.83. The molecule has 1 aliphatic heterocycles. The molecule has 20 heavy (non-hydrogen) atoms. The second-order valence-corrected chi connectivity index (χ2v) is 4.95. The fourth-order valence-corrected chi connectivity index (χ4v) is 2.51. The van der Waals surface area contributed by atoms with Gasteiger partial charge in [0, 0.05) is 24.6 Å². The van der Waals surface area contributed by atoms with E-state index in [-0.39, 0.29) is 18.0 Å². The summed E-state index contributed by atoms with van der Waals surface area (Å²) in [6, 6.07) is 2.79. The van der Waals surface area contributed by atoms with Crippen molar-refractivity contribution < 1.29 is 18.4 Å². The van der Waals surface area contributed by atoms with Crippen molar-refractivity contribution in [3.8, 4) is 0 Å². The van der Waals surface area contributed by atoms with Crippen LogP contribution in [0.4, 0.5) is 8.78 Å². The largest absolute Gasteiger partial charge is 0.370 e. The molecule has 0 spiro atoms. The molecule has 1 fully saturated rings. The molecule has 1 atom stereocenters. The molecule has 4 nitrogen and oxygen atoms in total. The highest BCUT2D eigenvalue weighted by Gasteiger charge is 2.28. The molecular weight excluding hydrogens is 266 g/mol. The lowest BCUT2D eigenvalue weighted by Crippen LogP contribution is -2.45. The predicted molar refractivity (Wildman–Crippen MR) is 68.8 cm³/mol. The van der Waals surface area contributed by atoms with Crippen LogP contribution in [0.2, 0.25) is 0 Å². The number of carbonyl (C=O) groups excluding carboxylic acids is 2. The van der Waals surface area contributed by atoms with Gasteiger partial charge < -0.3 is 10.6 Å².